The van der Waals surface area contributed by atoms with Crippen molar-refractivity contribution in [3.63, 3.8) is 0 Å². The average Bonchev–Trinajstić information content (AvgIpc) is 2.15. The molecule has 0 spiro atoms. The van der Waals surface area contributed by atoms with E-state index >= 15 is 0 Å². The molecule has 1 heterocycles. The minimum Gasteiger partial charge on any atom is -0.395 e. The van der Waals surface area contributed by atoms with Crippen LogP contribution in [0.1, 0.15) is 0 Å². The highest BCUT2D eigenvalue weighted by atomic mass is 32.2. The Hall–Kier alpha value is 0.230. The molecule has 3 N–H and O–H groups in total. The molecule has 1 fully saturated rings. The Labute approximate surface area is 57.7 Å². The Bertz CT molecular complexity index is 98.2. The molecule has 0 amide bonds. The van der Waals surface area contributed by atoms with Crippen LogP contribution in [-0.4, -0.2) is 45.1 Å². The number of hydrogen-bond donors (Lipinski definition) is 3. The monoisotopic (exact) mass is 150 g/mol. The lowest BCUT2D eigenvalue weighted by Gasteiger charge is -2.11. The Morgan fingerprint density at radius 1 is 1.44 bits per heavy atom. The highest BCUT2D eigenvalue weighted by molar-refractivity contribution is 8.00. The fourth-order valence-electron chi connectivity index (χ4n) is 0.828. The van der Waals surface area contributed by atoms with Crippen LogP contribution in [0.5, 0.6) is 0 Å². The summed E-state index contributed by atoms with van der Waals surface area (Å²) in [6.07, 6.45) is -1.38. The van der Waals surface area contributed by atoms with E-state index in [2.05, 4.69) is 0 Å². The third kappa shape index (κ3) is 1.38. The average molecular weight is 150 g/mol. The molecule has 0 aliphatic carbocycles. The van der Waals surface area contributed by atoms with E-state index in [-0.39, 0.29) is 11.9 Å². The van der Waals surface area contributed by atoms with Crippen LogP contribution < -0.4 is 0 Å². The predicted octanol–water partition coefficient (Wildman–Crippen LogP) is -1.18. The van der Waals surface area contributed by atoms with Gasteiger partial charge in [0.25, 0.3) is 0 Å². The lowest BCUT2D eigenvalue weighted by molar-refractivity contribution is 0.0326. The molecule has 54 valence electrons. The first kappa shape index (κ1) is 7.34. The first-order chi connectivity index (χ1) is 4.25. The summed E-state index contributed by atoms with van der Waals surface area (Å²) in [6, 6.07) is 0. The van der Waals surface area contributed by atoms with Gasteiger partial charge >= 0.3 is 0 Å². The summed E-state index contributed by atoms with van der Waals surface area (Å²) in [5.74, 6) is 0.534. The zero-order chi connectivity index (χ0) is 6.85. The van der Waals surface area contributed by atoms with E-state index in [9.17, 15) is 0 Å². The molecule has 3 atom stereocenters. The van der Waals surface area contributed by atoms with Gasteiger partial charge in [-0.15, -0.1) is 0 Å². The molecule has 0 aromatic carbocycles. The summed E-state index contributed by atoms with van der Waals surface area (Å²) in [6.45, 7) is -0.0527. The second kappa shape index (κ2) is 2.88. The largest absolute Gasteiger partial charge is 0.395 e. The quantitative estimate of drug-likeness (QED) is 0.440. The summed E-state index contributed by atoms with van der Waals surface area (Å²) >= 11 is 1.41. The zero-order valence-electron chi connectivity index (χ0n) is 4.90. The van der Waals surface area contributed by atoms with Gasteiger partial charge in [-0.05, 0) is 0 Å². The van der Waals surface area contributed by atoms with Gasteiger partial charge in [-0.1, -0.05) is 0 Å². The third-order valence-electron chi connectivity index (χ3n) is 1.44. The van der Waals surface area contributed by atoms with Crippen LogP contribution in [-0.2, 0) is 0 Å². The summed E-state index contributed by atoms with van der Waals surface area (Å²) in [5.41, 5.74) is 0. The molecule has 1 rings (SSSR count). The van der Waals surface area contributed by atoms with Gasteiger partial charge in [-0.3, -0.25) is 0 Å². The lowest BCUT2D eigenvalue weighted by atomic mass is 10.2. The van der Waals surface area contributed by atoms with E-state index in [1.54, 1.807) is 0 Å². The maximum Gasteiger partial charge on any atom is 0.0947 e. The summed E-state index contributed by atoms with van der Waals surface area (Å²) in [4.78, 5) is 0. The van der Waals surface area contributed by atoms with Crippen molar-refractivity contribution in [1.29, 1.82) is 0 Å². The predicted molar refractivity (Wildman–Crippen MR) is 35.3 cm³/mol. The molecule has 1 saturated heterocycles. The first-order valence-electron chi connectivity index (χ1n) is 2.84. The lowest BCUT2D eigenvalue weighted by Crippen LogP contribution is -2.30. The molecule has 0 saturated carbocycles. The number of thioether (sulfide) groups is 1. The number of rotatable bonds is 1. The van der Waals surface area contributed by atoms with Crippen molar-refractivity contribution in [3.8, 4) is 0 Å². The minimum absolute atomic E-state index is 0.0527. The van der Waals surface area contributed by atoms with E-state index in [1.807, 2.05) is 0 Å². The van der Waals surface area contributed by atoms with Crippen molar-refractivity contribution >= 4 is 11.8 Å². The van der Waals surface area contributed by atoms with Gasteiger partial charge in [0, 0.05) is 5.75 Å². The van der Waals surface area contributed by atoms with Gasteiger partial charge in [0.2, 0.25) is 0 Å². The van der Waals surface area contributed by atoms with Crippen LogP contribution in [0.4, 0.5) is 0 Å². The Kier molecular flexibility index (Phi) is 2.35. The van der Waals surface area contributed by atoms with Gasteiger partial charge in [-0.25, -0.2) is 0 Å². The van der Waals surface area contributed by atoms with Gasteiger partial charge in [0.15, 0.2) is 0 Å². The van der Waals surface area contributed by atoms with Crippen molar-refractivity contribution in [2.75, 3.05) is 12.4 Å². The number of hydrogen-bond acceptors (Lipinski definition) is 4. The summed E-state index contributed by atoms with van der Waals surface area (Å²) in [5, 5.41) is 26.3. The number of aliphatic hydroxyl groups excluding tert-OH is 3. The van der Waals surface area contributed by atoms with Crippen molar-refractivity contribution in [1.82, 2.24) is 0 Å². The Morgan fingerprint density at radius 3 is 2.33 bits per heavy atom. The summed E-state index contributed by atoms with van der Waals surface area (Å²) < 4.78 is 0. The second-order valence-corrected chi connectivity index (χ2v) is 3.38. The maximum atomic E-state index is 9.03. The molecule has 1 aliphatic rings. The normalized spacial score (nSPS) is 43.7. The fraction of sp³-hybridized carbons (Fsp3) is 1.00. The van der Waals surface area contributed by atoms with Gasteiger partial charge in [0.1, 0.15) is 0 Å². The van der Waals surface area contributed by atoms with Gasteiger partial charge in [0.05, 0.1) is 24.1 Å². The Balaban J connectivity index is 2.41. The van der Waals surface area contributed by atoms with Crippen molar-refractivity contribution in [2.45, 2.75) is 17.5 Å². The molecule has 0 unspecified atom stereocenters. The van der Waals surface area contributed by atoms with E-state index in [0.29, 0.717) is 5.75 Å². The highest BCUT2D eigenvalue weighted by Crippen LogP contribution is 2.26. The van der Waals surface area contributed by atoms with Crippen molar-refractivity contribution < 1.29 is 15.3 Å². The van der Waals surface area contributed by atoms with E-state index in [1.165, 1.54) is 11.8 Å². The van der Waals surface area contributed by atoms with Crippen LogP contribution in [0.3, 0.4) is 0 Å². The van der Waals surface area contributed by atoms with Crippen LogP contribution in [0.25, 0.3) is 0 Å². The molecule has 0 aromatic rings. The third-order valence-corrected chi connectivity index (χ3v) is 2.83. The van der Waals surface area contributed by atoms with Crippen LogP contribution >= 0.6 is 11.8 Å². The smallest absolute Gasteiger partial charge is 0.0947 e. The minimum atomic E-state index is -0.736. The molecule has 0 aromatic heterocycles. The number of aliphatic hydroxyl groups is 3. The molecule has 3 nitrogen and oxygen atoms in total. The Morgan fingerprint density at radius 2 is 2.11 bits per heavy atom. The van der Waals surface area contributed by atoms with Crippen LogP contribution in [0, 0.1) is 0 Å². The van der Waals surface area contributed by atoms with Crippen molar-refractivity contribution in [2.24, 2.45) is 0 Å². The SMILES string of the molecule is OC[C@H]1SC[C@@H](O)[C@H]1O. The molecule has 4 heteroatoms. The molecular formula is C5H10O3S. The molecule has 1 aliphatic heterocycles. The molecule has 0 bridgehead atoms. The molecular weight excluding hydrogens is 140 g/mol. The standard InChI is InChI=1S/C5H10O3S/c6-1-4-5(8)3(7)2-9-4/h3-8H,1-2H2/t3-,4-,5-/m1/s1. The van der Waals surface area contributed by atoms with Gasteiger partial charge in [-0.2, -0.15) is 11.8 Å². The fourth-order valence-corrected chi connectivity index (χ4v) is 1.95. The molecule has 9 heavy (non-hydrogen) atoms. The second-order valence-electron chi connectivity index (χ2n) is 2.11. The molecule has 0 radical (unpaired) electrons. The van der Waals surface area contributed by atoms with Crippen LogP contribution in [0.2, 0.25) is 0 Å². The van der Waals surface area contributed by atoms with Gasteiger partial charge < -0.3 is 15.3 Å². The highest BCUT2D eigenvalue weighted by Gasteiger charge is 2.33. The van der Waals surface area contributed by atoms with E-state index in [4.69, 9.17) is 15.3 Å². The van der Waals surface area contributed by atoms with Crippen molar-refractivity contribution in [3.05, 3.63) is 0 Å². The van der Waals surface area contributed by atoms with Crippen LogP contribution in [0.15, 0.2) is 0 Å². The zero-order valence-corrected chi connectivity index (χ0v) is 5.71. The summed E-state index contributed by atoms with van der Waals surface area (Å²) in [7, 11) is 0. The van der Waals surface area contributed by atoms with E-state index in [0.717, 1.165) is 0 Å². The first-order valence-corrected chi connectivity index (χ1v) is 3.89. The maximum absolute atomic E-state index is 9.03. The topological polar surface area (TPSA) is 60.7 Å². The van der Waals surface area contributed by atoms with E-state index < -0.39 is 12.2 Å².